The Balaban J connectivity index is 1.29. The molecular formula is C27H25FN2O. The van der Waals surface area contributed by atoms with Gasteiger partial charge in [0.1, 0.15) is 5.82 Å². The lowest BCUT2D eigenvalue weighted by Crippen LogP contribution is -2.19. The number of ketones is 1. The minimum atomic E-state index is -0.315. The average Bonchev–Trinajstić information content (AvgIpc) is 3.41. The number of aromatic amines is 1. The van der Waals surface area contributed by atoms with Crippen molar-refractivity contribution in [2.75, 3.05) is 13.1 Å². The summed E-state index contributed by atoms with van der Waals surface area (Å²) in [5, 5.41) is 1.06. The van der Waals surface area contributed by atoms with Gasteiger partial charge in [0.25, 0.3) is 0 Å². The molecule has 1 aromatic heterocycles. The molecule has 0 radical (unpaired) electrons. The first-order chi connectivity index (χ1) is 15.1. The van der Waals surface area contributed by atoms with Crippen molar-refractivity contribution in [3.8, 4) is 0 Å². The fraction of sp³-hybridized carbons (Fsp3) is 0.222. The van der Waals surface area contributed by atoms with Crippen LogP contribution in [0.3, 0.4) is 0 Å². The molecule has 0 aliphatic carbocycles. The van der Waals surface area contributed by atoms with E-state index in [0.29, 0.717) is 17.2 Å². The molecule has 0 spiro atoms. The number of likely N-dealkylation sites (tertiary alicyclic amines) is 1. The molecule has 3 aromatic carbocycles. The van der Waals surface area contributed by atoms with Gasteiger partial charge < -0.3 is 4.98 Å². The van der Waals surface area contributed by atoms with E-state index in [4.69, 9.17) is 0 Å². The van der Waals surface area contributed by atoms with Crippen LogP contribution in [0.5, 0.6) is 0 Å². The van der Waals surface area contributed by atoms with Gasteiger partial charge in [-0.2, -0.15) is 0 Å². The van der Waals surface area contributed by atoms with Gasteiger partial charge in [-0.05, 0) is 65.9 Å². The summed E-state index contributed by atoms with van der Waals surface area (Å²) in [6.45, 7) is 3.14. The number of halogens is 1. The van der Waals surface area contributed by atoms with Crippen LogP contribution in [0.2, 0.25) is 0 Å². The molecule has 0 amide bonds. The zero-order valence-corrected chi connectivity index (χ0v) is 17.4. The average molecular weight is 413 g/mol. The zero-order chi connectivity index (χ0) is 21.2. The zero-order valence-electron chi connectivity index (χ0n) is 17.4. The van der Waals surface area contributed by atoms with Crippen LogP contribution in [-0.4, -0.2) is 28.8 Å². The summed E-state index contributed by atoms with van der Waals surface area (Å²) < 4.78 is 13.4. The summed E-state index contributed by atoms with van der Waals surface area (Å²) in [4.78, 5) is 18.4. The summed E-state index contributed by atoms with van der Waals surface area (Å²) in [5.74, 6) is 0.164. The number of aromatic nitrogens is 1. The van der Waals surface area contributed by atoms with Crippen LogP contribution < -0.4 is 0 Å². The van der Waals surface area contributed by atoms with Gasteiger partial charge in [-0.1, -0.05) is 48.5 Å². The maximum Gasteiger partial charge on any atom is 0.183 e. The molecule has 2 heterocycles. The molecule has 4 aromatic rings. The molecular weight excluding hydrogens is 387 g/mol. The standard InChI is InChI=1S/C27H25FN2O/c28-24-8-4-7-20(13-24)14-27(31)26-16-23-15-21(9-10-25(23)29-26)22-11-12-30(18-22)17-19-5-2-1-3-6-19/h1-10,13,15-16,22,29H,11-12,14,17-18H2. The summed E-state index contributed by atoms with van der Waals surface area (Å²) in [5.41, 5.74) is 4.91. The molecule has 3 nitrogen and oxygen atoms in total. The van der Waals surface area contributed by atoms with Crippen LogP contribution >= 0.6 is 0 Å². The molecule has 1 fully saturated rings. The van der Waals surface area contributed by atoms with E-state index in [1.807, 2.05) is 6.07 Å². The Morgan fingerprint density at radius 2 is 1.81 bits per heavy atom. The number of rotatable bonds is 6. The highest BCUT2D eigenvalue weighted by atomic mass is 19.1. The minimum Gasteiger partial charge on any atom is -0.352 e. The third kappa shape index (κ3) is 4.44. The molecule has 0 bridgehead atoms. The topological polar surface area (TPSA) is 36.1 Å². The number of carbonyl (C=O) groups excluding carboxylic acids is 1. The molecule has 5 rings (SSSR count). The first-order valence-electron chi connectivity index (χ1n) is 10.8. The fourth-order valence-electron chi connectivity index (χ4n) is 4.57. The number of carbonyl (C=O) groups is 1. The fourth-order valence-corrected chi connectivity index (χ4v) is 4.57. The van der Waals surface area contributed by atoms with Gasteiger partial charge in [-0.3, -0.25) is 9.69 Å². The largest absolute Gasteiger partial charge is 0.352 e. The van der Waals surface area contributed by atoms with Crippen LogP contribution in [0.1, 0.15) is 39.5 Å². The predicted octanol–water partition coefficient (Wildman–Crippen LogP) is 5.72. The third-order valence-corrected chi connectivity index (χ3v) is 6.19. The van der Waals surface area contributed by atoms with E-state index in [1.54, 1.807) is 12.1 Å². The summed E-state index contributed by atoms with van der Waals surface area (Å²) in [6.07, 6.45) is 1.34. The molecule has 4 heteroatoms. The number of hydrogen-bond donors (Lipinski definition) is 1. The first kappa shape index (κ1) is 19.7. The molecule has 1 unspecified atom stereocenters. The summed E-state index contributed by atoms with van der Waals surface area (Å²) in [6, 6.07) is 25.2. The van der Waals surface area contributed by atoms with Crippen molar-refractivity contribution in [2.24, 2.45) is 0 Å². The summed E-state index contributed by atoms with van der Waals surface area (Å²) >= 11 is 0. The van der Waals surface area contributed by atoms with Crippen molar-refractivity contribution in [1.29, 1.82) is 0 Å². The number of hydrogen-bond acceptors (Lipinski definition) is 2. The number of fused-ring (bicyclic) bond motifs is 1. The predicted molar refractivity (Wildman–Crippen MR) is 122 cm³/mol. The highest BCUT2D eigenvalue weighted by Crippen LogP contribution is 2.30. The Bertz CT molecular complexity index is 1210. The number of H-pyrrole nitrogens is 1. The number of nitrogens with zero attached hydrogens (tertiary/aromatic N) is 1. The monoisotopic (exact) mass is 412 g/mol. The van der Waals surface area contributed by atoms with Crippen LogP contribution in [-0.2, 0) is 13.0 Å². The molecule has 156 valence electrons. The highest BCUT2D eigenvalue weighted by molar-refractivity contribution is 6.00. The van der Waals surface area contributed by atoms with E-state index in [-0.39, 0.29) is 18.0 Å². The van der Waals surface area contributed by atoms with Crippen molar-refractivity contribution in [3.05, 3.63) is 107 Å². The van der Waals surface area contributed by atoms with Crippen LogP contribution in [0.4, 0.5) is 4.39 Å². The maximum absolute atomic E-state index is 13.4. The summed E-state index contributed by atoms with van der Waals surface area (Å²) in [7, 11) is 0. The van der Waals surface area contributed by atoms with Gasteiger partial charge in [-0.25, -0.2) is 4.39 Å². The number of benzene rings is 3. The van der Waals surface area contributed by atoms with Gasteiger partial charge in [0.2, 0.25) is 0 Å². The number of Topliss-reactive ketones (excluding diaryl/α,β-unsaturated/α-hetero) is 1. The highest BCUT2D eigenvalue weighted by Gasteiger charge is 2.24. The molecule has 1 atom stereocenters. The Morgan fingerprint density at radius 3 is 2.65 bits per heavy atom. The van der Waals surface area contributed by atoms with Crippen molar-refractivity contribution >= 4 is 16.7 Å². The first-order valence-corrected chi connectivity index (χ1v) is 10.8. The van der Waals surface area contributed by atoms with Gasteiger partial charge in [0, 0.05) is 30.4 Å². The van der Waals surface area contributed by atoms with E-state index >= 15 is 0 Å². The second-order valence-corrected chi connectivity index (χ2v) is 8.47. The minimum absolute atomic E-state index is 0.0294. The lowest BCUT2D eigenvalue weighted by Gasteiger charge is -2.16. The Hall–Kier alpha value is -3.24. The lowest BCUT2D eigenvalue weighted by atomic mass is 9.97. The molecule has 0 saturated carbocycles. The Kier molecular flexibility index (Phi) is 5.39. The van der Waals surface area contributed by atoms with E-state index in [2.05, 4.69) is 58.4 Å². The molecule has 1 saturated heterocycles. The second kappa shape index (κ2) is 8.48. The second-order valence-electron chi connectivity index (χ2n) is 8.47. The van der Waals surface area contributed by atoms with E-state index < -0.39 is 0 Å². The smallest absolute Gasteiger partial charge is 0.183 e. The third-order valence-electron chi connectivity index (χ3n) is 6.19. The van der Waals surface area contributed by atoms with E-state index in [1.165, 1.54) is 23.3 Å². The van der Waals surface area contributed by atoms with Crippen molar-refractivity contribution in [1.82, 2.24) is 9.88 Å². The quantitative estimate of drug-likeness (QED) is 0.411. The molecule has 1 aliphatic rings. The van der Waals surface area contributed by atoms with Gasteiger partial charge >= 0.3 is 0 Å². The van der Waals surface area contributed by atoms with Crippen LogP contribution in [0.15, 0.2) is 78.9 Å². The molecule has 31 heavy (non-hydrogen) atoms. The lowest BCUT2D eigenvalue weighted by molar-refractivity contribution is 0.0989. The van der Waals surface area contributed by atoms with E-state index in [9.17, 15) is 9.18 Å². The van der Waals surface area contributed by atoms with Crippen molar-refractivity contribution < 1.29 is 9.18 Å². The van der Waals surface area contributed by atoms with Crippen molar-refractivity contribution in [3.63, 3.8) is 0 Å². The van der Waals surface area contributed by atoms with E-state index in [0.717, 1.165) is 37.0 Å². The number of nitrogens with one attached hydrogen (secondary N) is 1. The Morgan fingerprint density at radius 1 is 0.968 bits per heavy atom. The Labute approximate surface area is 181 Å². The van der Waals surface area contributed by atoms with Crippen molar-refractivity contribution in [2.45, 2.75) is 25.3 Å². The van der Waals surface area contributed by atoms with Gasteiger partial charge in [0.05, 0.1) is 5.69 Å². The molecule has 1 N–H and O–H groups in total. The molecule has 1 aliphatic heterocycles. The van der Waals surface area contributed by atoms with Gasteiger partial charge in [-0.15, -0.1) is 0 Å². The van der Waals surface area contributed by atoms with Crippen LogP contribution in [0, 0.1) is 5.82 Å². The maximum atomic E-state index is 13.4. The van der Waals surface area contributed by atoms with Gasteiger partial charge in [0.15, 0.2) is 5.78 Å². The van der Waals surface area contributed by atoms with Crippen LogP contribution in [0.25, 0.3) is 10.9 Å². The SMILES string of the molecule is O=C(Cc1cccc(F)c1)c1cc2cc(C3CCN(Cc4ccccc4)C3)ccc2[nH]1. The normalized spacial score (nSPS) is 16.7.